The van der Waals surface area contributed by atoms with E-state index in [9.17, 15) is 13.2 Å². The van der Waals surface area contributed by atoms with Crippen molar-refractivity contribution in [3.05, 3.63) is 29.8 Å². The zero-order chi connectivity index (χ0) is 19.8. The van der Waals surface area contributed by atoms with Crippen LogP contribution in [0, 0.1) is 0 Å². The van der Waals surface area contributed by atoms with Crippen molar-refractivity contribution in [1.29, 1.82) is 0 Å². The molecule has 2 N–H and O–H groups in total. The number of nitrogens with zero attached hydrogens (tertiary/aromatic N) is 1. The molecule has 0 aromatic heterocycles. The van der Waals surface area contributed by atoms with Crippen LogP contribution >= 0.6 is 0 Å². The van der Waals surface area contributed by atoms with Gasteiger partial charge in [-0.1, -0.05) is 50.3 Å². The van der Waals surface area contributed by atoms with E-state index in [1.54, 1.807) is 24.3 Å². The molecular formula is C20H31N3O4S. The van der Waals surface area contributed by atoms with Crippen molar-refractivity contribution in [3.8, 4) is 0 Å². The first kappa shape index (κ1) is 21.1. The van der Waals surface area contributed by atoms with Crippen molar-refractivity contribution in [2.75, 3.05) is 26.3 Å². The first-order chi connectivity index (χ1) is 13.6. The maximum Gasteiger partial charge on any atom is 0.315 e. The minimum absolute atomic E-state index is 0.179. The Morgan fingerprint density at radius 2 is 1.68 bits per heavy atom. The Hall–Kier alpha value is -1.64. The third-order valence-corrected chi connectivity index (χ3v) is 7.44. The molecule has 3 rings (SSSR count). The maximum atomic E-state index is 13.0. The molecule has 1 saturated carbocycles. The maximum absolute atomic E-state index is 13.0. The summed E-state index contributed by atoms with van der Waals surface area (Å²) >= 11 is 0. The number of nitrogens with one attached hydrogen (secondary N) is 2. The van der Waals surface area contributed by atoms with Crippen LogP contribution in [0.3, 0.4) is 0 Å². The standard InChI is InChI=1S/C20H31N3O4S/c24-20(22-18-9-4-2-1-3-5-10-18)21-16-17-8-6-7-11-19(17)28(25,26)23-12-14-27-15-13-23/h6-8,11,18H,1-5,9-10,12-16H2,(H2,21,22,24). The molecule has 1 aromatic carbocycles. The van der Waals surface area contributed by atoms with E-state index in [2.05, 4.69) is 10.6 Å². The van der Waals surface area contributed by atoms with E-state index in [-0.39, 0.29) is 23.5 Å². The second-order valence-electron chi connectivity index (χ2n) is 7.49. The van der Waals surface area contributed by atoms with E-state index >= 15 is 0 Å². The molecule has 2 fully saturated rings. The van der Waals surface area contributed by atoms with Crippen LogP contribution in [0.5, 0.6) is 0 Å². The molecule has 0 atom stereocenters. The second kappa shape index (κ2) is 10.2. The highest BCUT2D eigenvalue weighted by molar-refractivity contribution is 7.89. The highest BCUT2D eigenvalue weighted by atomic mass is 32.2. The molecular weight excluding hydrogens is 378 g/mol. The van der Waals surface area contributed by atoms with Crippen molar-refractivity contribution in [2.24, 2.45) is 0 Å². The Labute approximate surface area is 167 Å². The van der Waals surface area contributed by atoms with Crippen LogP contribution in [0.4, 0.5) is 4.79 Å². The van der Waals surface area contributed by atoms with Gasteiger partial charge in [0.05, 0.1) is 18.1 Å². The molecule has 0 bridgehead atoms. The lowest BCUT2D eigenvalue weighted by atomic mass is 9.97. The summed E-state index contributed by atoms with van der Waals surface area (Å²) in [6, 6.07) is 6.84. The van der Waals surface area contributed by atoms with Gasteiger partial charge in [-0.2, -0.15) is 4.31 Å². The van der Waals surface area contributed by atoms with Gasteiger partial charge in [-0.15, -0.1) is 0 Å². The van der Waals surface area contributed by atoms with Gasteiger partial charge in [0.1, 0.15) is 0 Å². The van der Waals surface area contributed by atoms with E-state index in [0.29, 0.717) is 31.9 Å². The lowest BCUT2D eigenvalue weighted by Gasteiger charge is -2.27. The van der Waals surface area contributed by atoms with Crippen molar-refractivity contribution < 1.29 is 17.9 Å². The zero-order valence-electron chi connectivity index (χ0n) is 16.4. The molecule has 1 aliphatic heterocycles. The lowest BCUT2D eigenvalue weighted by Crippen LogP contribution is -2.43. The molecule has 2 aliphatic rings. The van der Waals surface area contributed by atoms with E-state index < -0.39 is 10.0 Å². The summed E-state index contributed by atoms with van der Waals surface area (Å²) < 4.78 is 32.7. The van der Waals surface area contributed by atoms with E-state index in [4.69, 9.17) is 4.74 Å². The Kier molecular flexibility index (Phi) is 7.70. The van der Waals surface area contributed by atoms with Crippen LogP contribution in [0.2, 0.25) is 0 Å². The molecule has 2 amide bonds. The lowest BCUT2D eigenvalue weighted by molar-refractivity contribution is 0.0730. The number of carbonyl (C=O) groups excluding carboxylic acids is 1. The van der Waals surface area contributed by atoms with Crippen LogP contribution in [-0.2, 0) is 21.3 Å². The summed E-state index contributed by atoms with van der Waals surface area (Å²) in [6.45, 7) is 1.70. The quantitative estimate of drug-likeness (QED) is 0.783. The molecule has 0 radical (unpaired) electrons. The van der Waals surface area contributed by atoms with Gasteiger partial charge in [-0.25, -0.2) is 13.2 Å². The summed E-state index contributed by atoms with van der Waals surface area (Å²) in [5.74, 6) is 0. The molecule has 0 unspecified atom stereocenters. The van der Waals surface area contributed by atoms with E-state index in [0.717, 1.165) is 25.7 Å². The molecule has 1 aliphatic carbocycles. The van der Waals surface area contributed by atoms with Crippen LogP contribution in [0.15, 0.2) is 29.2 Å². The number of benzene rings is 1. The smallest absolute Gasteiger partial charge is 0.315 e. The molecule has 1 heterocycles. The van der Waals surface area contributed by atoms with Gasteiger partial charge in [0.25, 0.3) is 0 Å². The third-order valence-electron chi connectivity index (χ3n) is 5.44. The largest absolute Gasteiger partial charge is 0.379 e. The van der Waals surface area contributed by atoms with Gasteiger partial charge in [0.15, 0.2) is 0 Å². The fourth-order valence-corrected chi connectivity index (χ4v) is 5.47. The number of hydrogen-bond acceptors (Lipinski definition) is 4. The number of rotatable bonds is 5. The second-order valence-corrected chi connectivity index (χ2v) is 9.40. The van der Waals surface area contributed by atoms with Crippen LogP contribution in [0.25, 0.3) is 0 Å². The fraction of sp³-hybridized carbons (Fsp3) is 0.650. The minimum Gasteiger partial charge on any atom is -0.379 e. The molecule has 28 heavy (non-hydrogen) atoms. The molecule has 1 saturated heterocycles. The topological polar surface area (TPSA) is 87.7 Å². The summed E-state index contributed by atoms with van der Waals surface area (Å²) in [5.41, 5.74) is 0.599. The van der Waals surface area contributed by atoms with Crippen molar-refractivity contribution >= 4 is 16.1 Å². The molecule has 8 heteroatoms. The third kappa shape index (κ3) is 5.68. The number of carbonyl (C=O) groups is 1. The summed E-state index contributed by atoms with van der Waals surface area (Å²) in [6.07, 6.45) is 8.05. The zero-order valence-corrected chi connectivity index (χ0v) is 17.2. The van der Waals surface area contributed by atoms with Gasteiger partial charge in [-0.05, 0) is 24.5 Å². The monoisotopic (exact) mass is 409 g/mol. The van der Waals surface area contributed by atoms with Gasteiger partial charge in [0, 0.05) is 25.7 Å². The average Bonchev–Trinajstić information content (AvgIpc) is 2.69. The minimum atomic E-state index is -3.60. The average molecular weight is 410 g/mol. The fourth-order valence-electron chi connectivity index (χ4n) is 3.84. The first-order valence-electron chi connectivity index (χ1n) is 10.3. The Balaban J connectivity index is 1.60. The Morgan fingerprint density at radius 3 is 2.39 bits per heavy atom. The highest BCUT2D eigenvalue weighted by Gasteiger charge is 2.28. The summed E-state index contributed by atoms with van der Waals surface area (Å²) in [5, 5.41) is 5.89. The summed E-state index contributed by atoms with van der Waals surface area (Å²) in [4.78, 5) is 12.6. The van der Waals surface area contributed by atoms with Gasteiger partial charge >= 0.3 is 6.03 Å². The SMILES string of the molecule is O=C(NCc1ccccc1S(=O)(=O)N1CCOCC1)NC1CCCCCCC1. The Morgan fingerprint density at radius 1 is 1.04 bits per heavy atom. The van der Waals surface area contributed by atoms with Gasteiger partial charge in [0.2, 0.25) is 10.0 Å². The van der Waals surface area contributed by atoms with Crippen molar-refractivity contribution in [1.82, 2.24) is 14.9 Å². The predicted molar refractivity (Wildman–Crippen MR) is 107 cm³/mol. The predicted octanol–water partition coefficient (Wildman–Crippen LogP) is 2.62. The number of urea groups is 1. The van der Waals surface area contributed by atoms with E-state index in [1.165, 1.54) is 23.6 Å². The van der Waals surface area contributed by atoms with Crippen molar-refractivity contribution in [2.45, 2.75) is 62.4 Å². The molecule has 7 nitrogen and oxygen atoms in total. The molecule has 156 valence electrons. The van der Waals surface area contributed by atoms with Gasteiger partial charge < -0.3 is 15.4 Å². The number of ether oxygens (including phenoxy) is 1. The van der Waals surface area contributed by atoms with Gasteiger partial charge in [-0.3, -0.25) is 0 Å². The Bertz CT molecular complexity index is 740. The van der Waals surface area contributed by atoms with Crippen LogP contribution in [-0.4, -0.2) is 51.1 Å². The molecule has 1 aromatic rings. The molecule has 0 spiro atoms. The number of morpholine rings is 1. The number of sulfonamides is 1. The number of hydrogen-bond donors (Lipinski definition) is 2. The van der Waals surface area contributed by atoms with Crippen LogP contribution in [0.1, 0.15) is 50.5 Å². The highest BCUT2D eigenvalue weighted by Crippen LogP contribution is 2.21. The summed E-state index contributed by atoms with van der Waals surface area (Å²) in [7, 11) is -3.60. The first-order valence-corrected chi connectivity index (χ1v) is 11.7. The van der Waals surface area contributed by atoms with Crippen molar-refractivity contribution in [3.63, 3.8) is 0 Å². The van der Waals surface area contributed by atoms with Crippen LogP contribution < -0.4 is 10.6 Å². The normalized spacial score (nSPS) is 20.1. The number of amides is 2. The van der Waals surface area contributed by atoms with E-state index in [1.807, 2.05) is 0 Å².